The van der Waals surface area contributed by atoms with Crippen LogP contribution in [-0.2, 0) is 17.9 Å². The van der Waals surface area contributed by atoms with Crippen LogP contribution in [0.4, 0.5) is 0 Å². The molecule has 7 heteroatoms. The van der Waals surface area contributed by atoms with E-state index in [-0.39, 0.29) is 23.3 Å². The third-order valence-corrected chi connectivity index (χ3v) is 6.30. The smallest absolute Gasteiger partial charge is 0.262 e. The van der Waals surface area contributed by atoms with Gasteiger partial charge in [-0.15, -0.1) is 0 Å². The monoisotopic (exact) mass is 433 g/mol. The first-order valence-corrected chi connectivity index (χ1v) is 11.0. The molecule has 0 radical (unpaired) electrons. The summed E-state index contributed by atoms with van der Waals surface area (Å²) < 4.78 is 7.03. The largest absolute Gasteiger partial charge is 0.467 e. The third-order valence-electron chi connectivity index (χ3n) is 4.94. The average Bonchev–Trinajstić information content (AvgIpc) is 3.32. The van der Waals surface area contributed by atoms with Gasteiger partial charge in [-0.1, -0.05) is 61.2 Å². The van der Waals surface area contributed by atoms with Crippen LogP contribution >= 0.6 is 11.8 Å². The number of hydrogen-bond donors (Lipinski definition) is 1. The number of thioether (sulfide) groups is 1. The molecule has 0 saturated carbocycles. The van der Waals surface area contributed by atoms with Gasteiger partial charge in [-0.25, -0.2) is 4.98 Å². The maximum absolute atomic E-state index is 13.2. The summed E-state index contributed by atoms with van der Waals surface area (Å²) in [6.45, 7) is 2.67. The van der Waals surface area contributed by atoms with Gasteiger partial charge in [0, 0.05) is 6.54 Å². The van der Waals surface area contributed by atoms with Crippen molar-refractivity contribution in [2.45, 2.75) is 36.8 Å². The van der Waals surface area contributed by atoms with Gasteiger partial charge in [0.1, 0.15) is 5.76 Å². The first-order chi connectivity index (χ1) is 15.2. The summed E-state index contributed by atoms with van der Waals surface area (Å²) in [6.07, 6.45) is 2.18. The van der Waals surface area contributed by atoms with E-state index in [1.807, 2.05) is 61.5 Å². The van der Waals surface area contributed by atoms with Crippen molar-refractivity contribution in [3.8, 4) is 0 Å². The molecule has 0 aliphatic heterocycles. The van der Waals surface area contributed by atoms with Gasteiger partial charge in [-0.3, -0.25) is 14.2 Å². The Bertz CT molecular complexity index is 1220. The van der Waals surface area contributed by atoms with E-state index in [9.17, 15) is 9.59 Å². The van der Waals surface area contributed by atoms with Gasteiger partial charge in [0.05, 0.1) is 29.0 Å². The SMILES string of the molecule is CCC(Sc1nc2ccccc2c(=O)n1Cc1ccco1)C(=O)NCc1ccccc1. The molecular formula is C24H23N3O3S. The summed E-state index contributed by atoms with van der Waals surface area (Å²) in [5.74, 6) is 0.575. The molecule has 0 spiro atoms. The Hall–Kier alpha value is -3.32. The topological polar surface area (TPSA) is 77.1 Å². The fraction of sp³-hybridized carbons (Fsp3) is 0.208. The van der Waals surface area contributed by atoms with E-state index < -0.39 is 0 Å². The summed E-state index contributed by atoms with van der Waals surface area (Å²) >= 11 is 1.31. The lowest BCUT2D eigenvalue weighted by atomic mass is 10.2. The normalized spacial score (nSPS) is 12.0. The van der Waals surface area contributed by atoms with Crippen molar-refractivity contribution >= 4 is 28.6 Å². The number of furan rings is 1. The van der Waals surface area contributed by atoms with Crippen molar-refractivity contribution in [1.82, 2.24) is 14.9 Å². The lowest BCUT2D eigenvalue weighted by molar-refractivity contribution is -0.120. The fourth-order valence-corrected chi connectivity index (χ4v) is 4.32. The lowest BCUT2D eigenvalue weighted by Crippen LogP contribution is -2.33. The zero-order chi connectivity index (χ0) is 21.6. The highest BCUT2D eigenvalue weighted by atomic mass is 32.2. The Morgan fingerprint density at radius 1 is 1.10 bits per heavy atom. The number of amides is 1. The van der Waals surface area contributed by atoms with E-state index in [1.54, 1.807) is 23.0 Å². The molecule has 1 unspecified atom stereocenters. The number of nitrogens with one attached hydrogen (secondary N) is 1. The summed E-state index contributed by atoms with van der Waals surface area (Å²) in [4.78, 5) is 30.8. The van der Waals surface area contributed by atoms with E-state index in [2.05, 4.69) is 5.32 Å². The minimum atomic E-state index is -0.375. The number of carbonyl (C=O) groups is 1. The van der Waals surface area contributed by atoms with Crippen LogP contribution in [0.2, 0.25) is 0 Å². The molecule has 0 aliphatic rings. The highest BCUT2D eigenvalue weighted by Crippen LogP contribution is 2.25. The number of rotatable bonds is 8. The van der Waals surface area contributed by atoms with Gasteiger partial charge in [0.25, 0.3) is 5.56 Å². The lowest BCUT2D eigenvalue weighted by Gasteiger charge is -2.17. The molecule has 0 aliphatic carbocycles. The number of nitrogens with zero attached hydrogens (tertiary/aromatic N) is 2. The van der Waals surface area contributed by atoms with Crippen molar-refractivity contribution in [2.24, 2.45) is 0 Å². The van der Waals surface area contributed by atoms with Crippen LogP contribution in [0.1, 0.15) is 24.7 Å². The molecule has 2 aromatic heterocycles. The minimum Gasteiger partial charge on any atom is -0.467 e. The van der Waals surface area contributed by atoms with Crippen LogP contribution in [0.15, 0.2) is 87.4 Å². The summed E-state index contributed by atoms with van der Waals surface area (Å²) in [7, 11) is 0. The molecule has 0 bridgehead atoms. The van der Waals surface area contributed by atoms with Crippen molar-refractivity contribution in [3.05, 3.63) is 94.7 Å². The van der Waals surface area contributed by atoms with Crippen LogP contribution in [0.25, 0.3) is 10.9 Å². The second-order valence-electron chi connectivity index (χ2n) is 7.10. The van der Waals surface area contributed by atoms with Gasteiger partial charge in [0.2, 0.25) is 5.91 Å². The molecule has 1 amide bonds. The number of fused-ring (bicyclic) bond motifs is 1. The minimum absolute atomic E-state index is 0.0803. The zero-order valence-corrected chi connectivity index (χ0v) is 18.0. The Kier molecular flexibility index (Phi) is 6.52. The number of carbonyl (C=O) groups excluding carboxylic acids is 1. The van der Waals surface area contributed by atoms with Crippen LogP contribution < -0.4 is 10.9 Å². The Balaban J connectivity index is 1.62. The number of benzene rings is 2. The maximum Gasteiger partial charge on any atom is 0.262 e. The molecule has 2 heterocycles. The van der Waals surface area contributed by atoms with Crippen LogP contribution in [-0.4, -0.2) is 20.7 Å². The summed E-state index contributed by atoms with van der Waals surface area (Å²) in [5, 5.41) is 3.66. The second kappa shape index (κ2) is 9.66. The molecule has 1 atom stereocenters. The Labute approximate surface area is 184 Å². The van der Waals surface area contributed by atoms with Gasteiger partial charge < -0.3 is 9.73 Å². The van der Waals surface area contributed by atoms with Gasteiger partial charge in [0.15, 0.2) is 5.16 Å². The van der Waals surface area contributed by atoms with Crippen molar-refractivity contribution in [3.63, 3.8) is 0 Å². The molecule has 4 rings (SSSR count). The van der Waals surface area contributed by atoms with Gasteiger partial charge in [-0.05, 0) is 36.2 Å². The number of hydrogen-bond acceptors (Lipinski definition) is 5. The number of aromatic nitrogens is 2. The fourth-order valence-electron chi connectivity index (χ4n) is 3.28. The van der Waals surface area contributed by atoms with Crippen molar-refractivity contribution in [1.29, 1.82) is 0 Å². The molecule has 158 valence electrons. The summed E-state index contributed by atoms with van der Waals surface area (Å²) in [5.41, 5.74) is 1.50. The zero-order valence-electron chi connectivity index (χ0n) is 17.2. The summed E-state index contributed by atoms with van der Waals surface area (Å²) in [6, 6.07) is 20.6. The Morgan fingerprint density at radius 3 is 2.61 bits per heavy atom. The van der Waals surface area contributed by atoms with Crippen LogP contribution in [0, 0.1) is 0 Å². The average molecular weight is 434 g/mol. The van der Waals surface area contributed by atoms with E-state index in [4.69, 9.17) is 9.40 Å². The van der Waals surface area contributed by atoms with E-state index in [1.165, 1.54) is 11.8 Å². The van der Waals surface area contributed by atoms with E-state index in [0.29, 0.717) is 34.8 Å². The predicted octanol–water partition coefficient (Wildman–Crippen LogP) is 4.22. The van der Waals surface area contributed by atoms with Crippen LogP contribution in [0.5, 0.6) is 0 Å². The molecule has 2 aromatic carbocycles. The molecule has 0 saturated heterocycles. The molecular weight excluding hydrogens is 410 g/mol. The quantitative estimate of drug-likeness (QED) is 0.332. The van der Waals surface area contributed by atoms with Crippen molar-refractivity contribution in [2.75, 3.05) is 0 Å². The van der Waals surface area contributed by atoms with Gasteiger partial charge >= 0.3 is 0 Å². The first kappa shape index (κ1) is 20.9. The predicted molar refractivity (Wildman–Crippen MR) is 122 cm³/mol. The standard InChI is InChI=1S/C24H23N3O3S/c1-2-21(22(28)25-15-17-9-4-3-5-10-17)31-24-26-20-13-7-6-12-19(20)23(29)27(24)16-18-11-8-14-30-18/h3-14,21H,2,15-16H2,1H3,(H,25,28). The first-order valence-electron chi connectivity index (χ1n) is 10.2. The van der Waals surface area contributed by atoms with E-state index in [0.717, 1.165) is 5.56 Å². The highest BCUT2D eigenvalue weighted by Gasteiger charge is 2.22. The molecule has 31 heavy (non-hydrogen) atoms. The van der Waals surface area contributed by atoms with E-state index >= 15 is 0 Å². The highest BCUT2D eigenvalue weighted by molar-refractivity contribution is 8.00. The van der Waals surface area contributed by atoms with Crippen LogP contribution in [0.3, 0.4) is 0 Å². The number of para-hydroxylation sites is 1. The molecule has 6 nitrogen and oxygen atoms in total. The van der Waals surface area contributed by atoms with Gasteiger partial charge in [-0.2, -0.15) is 0 Å². The molecule has 0 fully saturated rings. The molecule has 1 N–H and O–H groups in total. The third kappa shape index (κ3) is 4.88. The van der Waals surface area contributed by atoms with Crippen molar-refractivity contribution < 1.29 is 9.21 Å². The Morgan fingerprint density at radius 2 is 1.87 bits per heavy atom. The maximum atomic E-state index is 13.2. The molecule has 4 aromatic rings. The second-order valence-corrected chi connectivity index (χ2v) is 8.27.